The van der Waals surface area contributed by atoms with Crippen molar-refractivity contribution in [2.45, 2.75) is 19.1 Å². The molecule has 1 saturated heterocycles. The van der Waals surface area contributed by atoms with Crippen molar-refractivity contribution >= 4 is 0 Å². The molecule has 2 heteroatoms. The summed E-state index contributed by atoms with van der Waals surface area (Å²) in [6.07, 6.45) is -0.102. The number of epoxide rings is 1. The third kappa shape index (κ3) is 0.698. The maximum atomic E-state index is 8.57. The first kappa shape index (κ1) is 4.09. The van der Waals surface area contributed by atoms with E-state index in [1.807, 2.05) is 0 Å². The fourth-order valence-electron chi connectivity index (χ4n) is 0.334. The third-order valence-electron chi connectivity index (χ3n) is 0.897. The van der Waals surface area contributed by atoms with Crippen LogP contribution in [0.4, 0.5) is 0 Å². The van der Waals surface area contributed by atoms with Gasteiger partial charge < -0.3 is 9.84 Å². The fourth-order valence-corrected chi connectivity index (χ4v) is 0.334. The molecule has 2 atom stereocenters. The highest BCUT2D eigenvalue weighted by atomic mass is 16.6. The van der Waals surface area contributed by atoms with E-state index in [2.05, 4.69) is 0 Å². The van der Waals surface area contributed by atoms with Gasteiger partial charge in [0.25, 0.3) is 0 Å². The Hall–Kier alpha value is -0.0800. The average molecular weight is 88.1 g/mol. The van der Waals surface area contributed by atoms with Gasteiger partial charge in [0.15, 0.2) is 0 Å². The van der Waals surface area contributed by atoms with Crippen LogP contribution in [0, 0.1) is 0 Å². The van der Waals surface area contributed by atoms with Gasteiger partial charge >= 0.3 is 0 Å². The maximum Gasteiger partial charge on any atom is 0.106 e. The summed E-state index contributed by atoms with van der Waals surface area (Å²) in [6.45, 7) is 2.48. The average Bonchev–Trinajstić information content (AvgIpc) is 2.06. The van der Waals surface area contributed by atoms with E-state index in [9.17, 15) is 0 Å². The standard InChI is InChI=1S/C4H8O2/c1-3(5)4-2-6-4/h3-5H,2H2,1H3/t3?,4-/m1/s1. The minimum absolute atomic E-state index is 0.157. The minimum Gasteiger partial charge on any atom is -0.391 e. The van der Waals surface area contributed by atoms with Gasteiger partial charge in [-0.2, -0.15) is 0 Å². The first-order chi connectivity index (χ1) is 2.80. The number of aliphatic hydroxyl groups excluding tert-OH is 1. The number of rotatable bonds is 1. The van der Waals surface area contributed by atoms with Crippen LogP contribution in [-0.2, 0) is 4.74 Å². The molecule has 0 aliphatic carbocycles. The van der Waals surface area contributed by atoms with Crippen molar-refractivity contribution in [1.82, 2.24) is 0 Å². The Morgan fingerprint density at radius 3 is 2.50 bits per heavy atom. The molecule has 1 N–H and O–H groups in total. The van der Waals surface area contributed by atoms with Crippen molar-refractivity contribution < 1.29 is 9.84 Å². The predicted octanol–water partition coefficient (Wildman–Crippen LogP) is -0.234. The lowest BCUT2D eigenvalue weighted by Crippen LogP contribution is -2.07. The molecular formula is C4H8O2. The van der Waals surface area contributed by atoms with E-state index in [0.29, 0.717) is 0 Å². The van der Waals surface area contributed by atoms with Crippen molar-refractivity contribution in [2.24, 2.45) is 0 Å². The van der Waals surface area contributed by atoms with Gasteiger partial charge in [-0.1, -0.05) is 0 Å². The molecule has 1 aliphatic heterocycles. The summed E-state index contributed by atoms with van der Waals surface area (Å²) in [4.78, 5) is 0. The number of ether oxygens (including phenoxy) is 1. The Morgan fingerprint density at radius 2 is 2.50 bits per heavy atom. The Labute approximate surface area is 36.7 Å². The quantitative estimate of drug-likeness (QED) is 0.449. The monoisotopic (exact) mass is 88.1 g/mol. The summed E-state index contributed by atoms with van der Waals surface area (Å²) in [5, 5.41) is 8.57. The smallest absolute Gasteiger partial charge is 0.106 e. The van der Waals surface area contributed by atoms with Crippen LogP contribution in [0.3, 0.4) is 0 Å². The summed E-state index contributed by atoms with van der Waals surface area (Å²) in [5.41, 5.74) is 0. The van der Waals surface area contributed by atoms with Crippen LogP contribution in [0.15, 0.2) is 0 Å². The Kier molecular flexibility index (Phi) is 0.821. The highest BCUT2D eigenvalue weighted by molar-refractivity contribution is 4.73. The first-order valence-electron chi connectivity index (χ1n) is 2.10. The van der Waals surface area contributed by atoms with Crippen molar-refractivity contribution in [2.75, 3.05) is 6.61 Å². The molecule has 1 unspecified atom stereocenters. The van der Waals surface area contributed by atoms with E-state index < -0.39 is 0 Å². The van der Waals surface area contributed by atoms with Gasteiger partial charge in [0.2, 0.25) is 0 Å². The molecule has 0 bridgehead atoms. The second-order valence-corrected chi connectivity index (χ2v) is 1.61. The molecular weight excluding hydrogens is 80.0 g/mol. The van der Waals surface area contributed by atoms with E-state index >= 15 is 0 Å². The van der Waals surface area contributed by atoms with Gasteiger partial charge in [0, 0.05) is 0 Å². The van der Waals surface area contributed by atoms with Crippen LogP contribution in [0.5, 0.6) is 0 Å². The zero-order chi connectivity index (χ0) is 4.57. The molecule has 0 radical (unpaired) electrons. The van der Waals surface area contributed by atoms with Crippen LogP contribution in [0.1, 0.15) is 6.92 Å². The SMILES string of the molecule is CC(O)[C@H]1CO1. The lowest BCUT2D eigenvalue weighted by atomic mass is 10.3. The molecule has 0 aromatic rings. The molecule has 0 saturated carbocycles. The van der Waals surface area contributed by atoms with Gasteiger partial charge in [0.05, 0.1) is 12.7 Å². The lowest BCUT2D eigenvalue weighted by Gasteiger charge is -1.90. The van der Waals surface area contributed by atoms with Crippen molar-refractivity contribution in [1.29, 1.82) is 0 Å². The fraction of sp³-hybridized carbons (Fsp3) is 1.00. The highest BCUT2D eigenvalue weighted by Gasteiger charge is 2.27. The summed E-state index contributed by atoms with van der Waals surface area (Å²) in [6, 6.07) is 0. The molecule has 0 amide bonds. The molecule has 0 aromatic carbocycles. The molecule has 1 rings (SSSR count). The van der Waals surface area contributed by atoms with E-state index in [1.165, 1.54) is 0 Å². The largest absolute Gasteiger partial charge is 0.391 e. The molecule has 1 fully saturated rings. The third-order valence-corrected chi connectivity index (χ3v) is 0.897. The van der Waals surface area contributed by atoms with Crippen molar-refractivity contribution in [3.8, 4) is 0 Å². The first-order valence-corrected chi connectivity index (χ1v) is 2.10. The second kappa shape index (κ2) is 1.21. The lowest BCUT2D eigenvalue weighted by molar-refractivity contribution is 0.153. The van der Waals surface area contributed by atoms with E-state index in [4.69, 9.17) is 9.84 Å². The Bertz CT molecular complexity index is 47.5. The topological polar surface area (TPSA) is 32.8 Å². The minimum atomic E-state index is -0.259. The van der Waals surface area contributed by atoms with Crippen molar-refractivity contribution in [3.05, 3.63) is 0 Å². The van der Waals surface area contributed by atoms with E-state index in [0.717, 1.165) is 6.61 Å². The summed E-state index contributed by atoms with van der Waals surface area (Å²) in [5.74, 6) is 0. The summed E-state index contributed by atoms with van der Waals surface area (Å²) >= 11 is 0. The maximum absolute atomic E-state index is 8.57. The summed E-state index contributed by atoms with van der Waals surface area (Å²) in [7, 11) is 0. The predicted molar refractivity (Wildman–Crippen MR) is 21.4 cm³/mol. The molecule has 1 heterocycles. The van der Waals surface area contributed by atoms with Gasteiger partial charge in [-0.15, -0.1) is 0 Å². The Morgan fingerprint density at radius 1 is 2.00 bits per heavy atom. The van der Waals surface area contributed by atoms with Crippen LogP contribution in [0.2, 0.25) is 0 Å². The zero-order valence-electron chi connectivity index (χ0n) is 3.72. The normalized spacial score (nSPS) is 36.0. The number of hydrogen-bond donors (Lipinski definition) is 1. The van der Waals surface area contributed by atoms with Gasteiger partial charge in [0.1, 0.15) is 6.10 Å². The molecule has 1 aliphatic rings. The second-order valence-electron chi connectivity index (χ2n) is 1.61. The molecule has 2 nitrogen and oxygen atoms in total. The van der Waals surface area contributed by atoms with Crippen LogP contribution < -0.4 is 0 Å². The van der Waals surface area contributed by atoms with Gasteiger partial charge in [-0.3, -0.25) is 0 Å². The Balaban J connectivity index is 2.13. The van der Waals surface area contributed by atoms with Gasteiger partial charge in [-0.05, 0) is 6.92 Å². The van der Waals surface area contributed by atoms with Crippen LogP contribution in [0.25, 0.3) is 0 Å². The molecule has 0 spiro atoms. The van der Waals surface area contributed by atoms with E-state index in [1.54, 1.807) is 6.92 Å². The number of hydrogen-bond acceptors (Lipinski definition) is 2. The molecule has 6 heavy (non-hydrogen) atoms. The number of aliphatic hydroxyl groups is 1. The van der Waals surface area contributed by atoms with Crippen molar-refractivity contribution in [3.63, 3.8) is 0 Å². The van der Waals surface area contributed by atoms with Gasteiger partial charge in [-0.25, -0.2) is 0 Å². The highest BCUT2D eigenvalue weighted by Crippen LogP contribution is 2.12. The summed E-state index contributed by atoms with van der Waals surface area (Å²) < 4.78 is 4.72. The van der Waals surface area contributed by atoms with E-state index in [-0.39, 0.29) is 12.2 Å². The zero-order valence-corrected chi connectivity index (χ0v) is 3.72. The molecule has 0 aromatic heterocycles. The molecule has 36 valence electrons. The van der Waals surface area contributed by atoms with Crippen LogP contribution in [-0.4, -0.2) is 23.9 Å². The van der Waals surface area contributed by atoms with Crippen LogP contribution >= 0.6 is 0 Å².